The maximum atomic E-state index is 5.99. The molecule has 0 fully saturated rings. The number of thiophene rings is 1. The quantitative estimate of drug-likeness (QED) is 0.693. The number of aromatic nitrogens is 3. The fourth-order valence-electron chi connectivity index (χ4n) is 2.04. The fraction of sp³-hybridized carbons (Fsp3) is 0.214. The molecule has 6 heteroatoms. The molecule has 3 heterocycles. The maximum Gasteiger partial charge on any atom is 0.225 e. The van der Waals surface area contributed by atoms with E-state index in [1.54, 1.807) is 11.3 Å². The lowest BCUT2D eigenvalue weighted by molar-refractivity contribution is 0.841. The Morgan fingerprint density at radius 3 is 2.95 bits per heavy atom. The van der Waals surface area contributed by atoms with Gasteiger partial charge in [-0.2, -0.15) is 4.98 Å². The first kappa shape index (κ1) is 13.3. The molecule has 0 saturated carbocycles. The van der Waals surface area contributed by atoms with E-state index in [1.165, 1.54) is 0 Å². The average Bonchev–Trinajstić information content (AvgIpc) is 2.93. The molecule has 3 aromatic heterocycles. The highest BCUT2D eigenvalue weighted by atomic mass is 35.5. The molecule has 0 aliphatic heterocycles. The van der Waals surface area contributed by atoms with Crippen molar-refractivity contribution in [3.63, 3.8) is 0 Å². The van der Waals surface area contributed by atoms with Crippen LogP contribution in [0.3, 0.4) is 0 Å². The van der Waals surface area contributed by atoms with Crippen molar-refractivity contribution in [1.82, 2.24) is 15.0 Å². The van der Waals surface area contributed by atoms with Gasteiger partial charge in [0.25, 0.3) is 0 Å². The molecular formula is C14H13ClN4S. The van der Waals surface area contributed by atoms with Crippen LogP contribution < -0.4 is 4.90 Å². The van der Waals surface area contributed by atoms with Crippen LogP contribution in [0.15, 0.2) is 35.8 Å². The van der Waals surface area contributed by atoms with E-state index in [9.17, 15) is 0 Å². The summed E-state index contributed by atoms with van der Waals surface area (Å²) in [5.41, 5.74) is 1.07. The van der Waals surface area contributed by atoms with Gasteiger partial charge < -0.3 is 4.90 Å². The zero-order valence-corrected chi connectivity index (χ0v) is 12.5. The number of likely N-dealkylation sites (N-methyl/N-ethyl adjacent to an activating group) is 1. The summed E-state index contributed by atoms with van der Waals surface area (Å²) in [4.78, 5) is 15.9. The highest BCUT2D eigenvalue weighted by molar-refractivity contribution is 7.16. The van der Waals surface area contributed by atoms with Gasteiger partial charge >= 0.3 is 0 Å². The lowest BCUT2D eigenvalue weighted by atomic mass is 10.2. The van der Waals surface area contributed by atoms with Crippen LogP contribution in [-0.2, 0) is 6.42 Å². The number of anilines is 1. The first-order chi connectivity index (χ1) is 9.74. The van der Waals surface area contributed by atoms with Crippen LogP contribution in [0, 0.1) is 0 Å². The summed E-state index contributed by atoms with van der Waals surface area (Å²) in [6.07, 6.45) is 2.68. The summed E-state index contributed by atoms with van der Waals surface area (Å²) in [5, 5.41) is 3.34. The van der Waals surface area contributed by atoms with Crippen molar-refractivity contribution in [2.24, 2.45) is 0 Å². The summed E-state index contributed by atoms with van der Waals surface area (Å²) in [6, 6.07) is 7.98. The van der Waals surface area contributed by atoms with Crippen LogP contribution in [0.25, 0.3) is 10.2 Å². The summed E-state index contributed by atoms with van der Waals surface area (Å²) in [5.74, 6) is 0.872. The Hall–Kier alpha value is -1.72. The zero-order valence-electron chi connectivity index (χ0n) is 11.0. The van der Waals surface area contributed by atoms with Crippen LogP contribution in [0.2, 0.25) is 5.28 Å². The molecule has 0 aliphatic rings. The van der Waals surface area contributed by atoms with Crippen molar-refractivity contribution in [3.05, 3.63) is 46.8 Å². The molecule has 0 radical (unpaired) electrons. The van der Waals surface area contributed by atoms with E-state index < -0.39 is 0 Å². The second-order valence-corrected chi connectivity index (χ2v) is 5.68. The van der Waals surface area contributed by atoms with Gasteiger partial charge in [-0.25, -0.2) is 4.98 Å². The van der Waals surface area contributed by atoms with Gasteiger partial charge in [-0.05, 0) is 35.2 Å². The Morgan fingerprint density at radius 2 is 2.15 bits per heavy atom. The van der Waals surface area contributed by atoms with E-state index in [1.807, 2.05) is 42.9 Å². The number of hydrogen-bond donors (Lipinski definition) is 0. The van der Waals surface area contributed by atoms with Crippen LogP contribution in [-0.4, -0.2) is 28.5 Å². The standard InChI is InChI=1S/C14H13ClN4S/c1-19(8-5-10-4-2-3-7-16-10)12-11-6-9-20-13(11)18-14(15)17-12/h2-4,6-7,9H,5,8H2,1H3. The van der Waals surface area contributed by atoms with E-state index in [0.717, 1.165) is 34.7 Å². The topological polar surface area (TPSA) is 41.9 Å². The molecule has 0 spiro atoms. The second-order valence-electron chi connectivity index (χ2n) is 4.45. The minimum absolute atomic E-state index is 0.291. The monoisotopic (exact) mass is 304 g/mol. The van der Waals surface area contributed by atoms with Crippen LogP contribution in [0.5, 0.6) is 0 Å². The molecule has 3 rings (SSSR count). The van der Waals surface area contributed by atoms with Crippen molar-refractivity contribution >= 4 is 39.0 Å². The first-order valence-corrected chi connectivity index (χ1v) is 7.51. The van der Waals surface area contributed by atoms with E-state index in [4.69, 9.17) is 11.6 Å². The molecule has 0 amide bonds. The van der Waals surface area contributed by atoms with Gasteiger partial charge in [0, 0.05) is 31.9 Å². The van der Waals surface area contributed by atoms with Crippen molar-refractivity contribution in [3.8, 4) is 0 Å². The predicted molar refractivity (Wildman–Crippen MR) is 83.6 cm³/mol. The Labute approximate surface area is 126 Å². The predicted octanol–water partition coefficient (Wildman–Crippen LogP) is 3.42. The summed E-state index contributed by atoms with van der Waals surface area (Å²) >= 11 is 7.56. The Kier molecular flexibility index (Phi) is 3.80. The Bertz CT molecular complexity index is 714. The molecular weight excluding hydrogens is 292 g/mol. The number of nitrogens with zero attached hydrogens (tertiary/aromatic N) is 4. The number of halogens is 1. The van der Waals surface area contributed by atoms with Gasteiger partial charge in [-0.3, -0.25) is 4.98 Å². The normalized spacial score (nSPS) is 10.9. The van der Waals surface area contributed by atoms with Gasteiger partial charge in [0.05, 0.1) is 5.39 Å². The molecule has 0 atom stereocenters. The second kappa shape index (κ2) is 5.73. The number of hydrogen-bond acceptors (Lipinski definition) is 5. The molecule has 20 heavy (non-hydrogen) atoms. The molecule has 102 valence electrons. The number of fused-ring (bicyclic) bond motifs is 1. The summed E-state index contributed by atoms with van der Waals surface area (Å²) in [6.45, 7) is 0.829. The van der Waals surface area contributed by atoms with E-state index in [-0.39, 0.29) is 0 Å². The van der Waals surface area contributed by atoms with Gasteiger partial charge in [-0.15, -0.1) is 11.3 Å². The first-order valence-electron chi connectivity index (χ1n) is 6.26. The smallest absolute Gasteiger partial charge is 0.225 e. The molecule has 0 aromatic carbocycles. The molecule has 0 saturated heterocycles. The van der Waals surface area contributed by atoms with E-state index >= 15 is 0 Å². The highest BCUT2D eigenvalue weighted by Crippen LogP contribution is 2.28. The van der Waals surface area contributed by atoms with Gasteiger partial charge in [0.15, 0.2) is 0 Å². The van der Waals surface area contributed by atoms with Gasteiger partial charge in [0.2, 0.25) is 5.28 Å². The largest absolute Gasteiger partial charge is 0.359 e. The third-order valence-electron chi connectivity index (χ3n) is 3.07. The van der Waals surface area contributed by atoms with Crippen molar-refractivity contribution < 1.29 is 0 Å². The minimum atomic E-state index is 0.291. The van der Waals surface area contributed by atoms with Crippen LogP contribution >= 0.6 is 22.9 Å². The fourth-order valence-corrected chi connectivity index (χ4v) is 3.01. The van der Waals surface area contributed by atoms with Crippen molar-refractivity contribution in [2.45, 2.75) is 6.42 Å². The summed E-state index contributed by atoms with van der Waals surface area (Å²) < 4.78 is 0. The number of rotatable bonds is 4. The Balaban J connectivity index is 1.82. The number of pyridine rings is 1. The van der Waals surface area contributed by atoms with Crippen molar-refractivity contribution in [2.75, 3.05) is 18.5 Å². The third kappa shape index (κ3) is 2.73. The van der Waals surface area contributed by atoms with E-state index in [2.05, 4.69) is 19.9 Å². The van der Waals surface area contributed by atoms with Crippen molar-refractivity contribution in [1.29, 1.82) is 0 Å². The SMILES string of the molecule is CN(CCc1ccccn1)c1nc(Cl)nc2sccc12. The van der Waals surface area contributed by atoms with Crippen LogP contribution in [0.4, 0.5) is 5.82 Å². The molecule has 0 bridgehead atoms. The lowest BCUT2D eigenvalue weighted by Crippen LogP contribution is -2.22. The minimum Gasteiger partial charge on any atom is -0.359 e. The molecule has 0 aliphatic carbocycles. The van der Waals surface area contributed by atoms with Gasteiger partial charge in [-0.1, -0.05) is 6.07 Å². The molecule has 4 nitrogen and oxygen atoms in total. The molecule has 0 N–H and O–H groups in total. The zero-order chi connectivity index (χ0) is 13.9. The molecule has 0 unspecified atom stereocenters. The maximum absolute atomic E-state index is 5.99. The summed E-state index contributed by atoms with van der Waals surface area (Å²) in [7, 11) is 2.01. The Morgan fingerprint density at radius 1 is 1.25 bits per heavy atom. The van der Waals surface area contributed by atoms with Crippen LogP contribution in [0.1, 0.15) is 5.69 Å². The third-order valence-corrected chi connectivity index (χ3v) is 4.04. The highest BCUT2D eigenvalue weighted by Gasteiger charge is 2.12. The average molecular weight is 305 g/mol. The lowest BCUT2D eigenvalue weighted by Gasteiger charge is -2.18. The van der Waals surface area contributed by atoms with E-state index in [0.29, 0.717) is 5.28 Å². The van der Waals surface area contributed by atoms with Gasteiger partial charge in [0.1, 0.15) is 10.6 Å². The molecule has 3 aromatic rings.